The van der Waals surface area contributed by atoms with E-state index in [1.807, 2.05) is 13.0 Å². The number of carbonyl (C=O) groups excluding carboxylic acids is 1. The molecule has 0 spiro atoms. The molecular weight excluding hydrogens is 439 g/mol. The largest absolute Gasteiger partial charge is 0.494 e. The van der Waals surface area contributed by atoms with Gasteiger partial charge in [-0.2, -0.15) is 0 Å². The van der Waals surface area contributed by atoms with Crippen molar-refractivity contribution >= 4 is 51.6 Å². The van der Waals surface area contributed by atoms with Crippen LogP contribution in [0.1, 0.15) is 17.3 Å². The third kappa shape index (κ3) is 3.13. The van der Waals surface area contributed by atoms with E-state index in [-0.39, 0.29) is 4.77 Å². The summed E-state index contributed by atoms with van der Waals surface area (Å²) in [5, 5.41) is 0.421. The molecule has 0 saturated carbocycles. The standard InChI is InChI=1S/C17H13IN2O3S/c1-2-23-12-5-3-4-10(8-12)15(21)20-16(22)13-9-11(18)6-7-14(13)19-17(20)24/h3-9H,2H2,1H3,(H,19,24). The summed E-state index contributed by atoms with van der Waals surface area (Å²) >= 11 is 7.33. The molecule has 7 heteroatoms. The summed E-state index contributed by atoms with van der Waals surface area (Å²) in [4.78, 5) is 28.5. The molecule has 0 unspecified atom stereocenters. The van der Waals surface area contributed by atoms with E-state index >= 15 is 0 Å². The molecule has 122 valence electrons. The first kappa shape index (κ1) is 16.8. The van der Waals surface area contributed by atoms with Gasteiger partial charge in [0.2, 0.25) is 0 Å². The zero-order valence-corrected chi connectivity index (χ0v) is 15.7. The number of nitrogens with one attached hydrogen (secondary N) is 1. The van der Waals surface area contributed by atoms with Gasteiger partial charge in [-0.3, -0.25) is 9.59 Å². The van der Waals surface area contributed by atoms with Gasteiger partial charge in [-0.1, -0.05) is 6.07 Å². The van der Waals surface area contributed by atoms with Crippen LogP contribution < -0.4 is 10.3 Å². The number of aromatic nitrogens is 2. The summed E-state index contributed by atoms with van der Waals surface area (Å²) in [6.45, 7) is 2.35. The number of ether oxygens (including phenoxy) is 1. The van der Waals surface area contributed by atoms with Crippen molar-refractivity contribution in [3.63, 3.8) is 0 Å². The molecule has 0 bridgehead atoms. The Morgan fingerprint density at radius 3 is 2.83 bits per heavy atom. The summed E-state index contributed by atoms with van der Waals surface area (Å²) in [6, 6.07) is 12.1. The van der Waals surface area contributed by atoms with Crippen LogP contribution in [0.15, 0.2) is 47.3 Å². The van der Waals surface area contributed by atoms with Gasteiger partial charge >= 0.3 is 0 Å². The molecule has 0 fully saturated rings. The second-order valence-electron chi connectivity index (χ2n) is 5.03. The highest BCUT2D eigenvalue weighted by molar-refractivity contribution is 14.1. The average molecular weight is 452 g/mol. The minimum absolute atomic E-state index is 0.0699. The highest BCUT2D eigenvalue weighted by atomic mass is 127. The highest BCUT2D eigenvalue weighted by Gasteiger charge is 2.15. The smallest absolute Gasteiger partial charge is 0.269 e. The maximum Gasteiger partial charge on any atom is 0.269 e. The number of H-pyrrole nitrogens is 1. The fourth-order valence-corrected chi connectivity index (χ4v) is 3.15. The van der Waals surface area contributed by atoms with E-state index in [4.69, 9.17) is 17.0 Å². The van der Waals surface area contributed by atoms with Crippen molar-refractivity contribution < 1.29 is 9.53 Å². The van der Waals surface area contributed by atoms with Gasteiger partial charge in [0.15, 0.2) is 4.77 Å². The molecule has 0 atom stereocenters. The molecule has 0 aliphatic rings. The van der Waals surface area contributed by atoms with Gasteiger partial charge in [-0.05, 0) is 78.1 Å². The topological polar surface area (TPSA) is 64.1 Å². The van der Waals surface area contributed by atoms with Crippen LogP contribution in [0.5, 0.6) is 5.75 Å². The Labute approximate surface area is 156 Å². The maximum atomic E-state index is 12.8. The summed E-state index contributed by atoms with van der Waals surface area (Å²) < 4.78 is 7.36. The molecule has 0 radical (unpaired) electrons. The molecular formula is C17H13IN2O3S. The summed E-state index contributed by atoms with van der Waals surface area (Å²) in [7, 11) is 0. The lowest BCUT2D eigenvalue weighted by atomic mass is 10.2. The van der Waals surface area contributed by atoms with Gasteiger partial charge in [0, 0.05) is 9.13 Å². The van der Waals surface area contributed by atoms with Crippen LogP contribution in [-0.4, -0.2) is 22.1 Å². The van der Waals surface area contributed by atoms with E-state index in [1.165, 1.54) is 0 Å². The van der Waals surface area contributed by atoms with Gasteiger partial charge in [0.05, 0.1) is 17.5 Å². The van der Waals surface area contributed by atoms with Gasteiger partial charge in [-0.25, -0.2) is 4.57 Å². The number of hydrogen-bond donors (Lipinski definition) is 1. The average Bonchev–Trinajstić information content (AvgIpc) is 2.56. The zero-order chi connectivity index (χ0) is 17.3. The molecule has 0 amide bonds. The van der Waals surface area contributed by atoms with Crippen LogP contribution in [-0.2, 0) is 0 Å². The molecule has 1 aromatic heterocycles. The number of halogens is 1. The molecule has 1 N–H and O–H groups in total. The minimum atomic E-state index is -0.483. The van der Waals surface area contributed by atoms with E-state index in [0.29, 0.717) is 28.8 Å². The Morgan fingerprint density at radius 2 is 2.08 bits per heavy atom. The second kappa shape index (κ2) is 6.86. The van der Waals surface area contributed by atoms with Gasteiger partial charge in [-0.15, -0.1) is 0 Å². The number of aromatic amines is 1. The summed E-state index contributed by atoms with van der Waals surface area (Å²) in [5.74, 6) is 0.0881. The molecule has 1 heterocycles. The van der Waals surface area contributed by atoms with Crippen LogP contribution in [0.4, 0.5) is 0 Å². The van der Waals surface area contributed by atoms with Gasteiger partial charge < -0.3 is 9.72 Å². The van der Waals surface area contributed by atoms with Crippen LogP contribution in [0.25, 0.3) is 10.9 Å². The molecule has 0 aliphatic heterocycles. The van der Waals surface area contributed by atoms with Crippen LogP contribution in [0.2, 0.25) is 0 Å². The van der Waals surface area contributed by atoms with Crippen LogP contribution >= 0.6 is 34.8 Å². The molecule has 3 rings (SSSR count). The maximum absolute atomic E-state index is 12.8. The Balaban J connectivity index is 2.18. The first-order valence-corrected chi connectivity index (χ1v) is 8.72. The van der Waals surface area contributed by atoms with E-state index in [0.717, 1.165) is 8.14 Å². The fraction of sp³-hybridized carbons (Fsp3) is 0.118. The predicted molar refractivity (Wildman–Crippen MR) is 103 cm³/mol. The van der Waals surface area contributed by atoms with Crippen molar-refractivity contribution in [2.24, 2.45) is 0 Å². The van der Waals surface area contributed by atoms with E-state index < -0.39 is 11.5 Å². The number of rotatable bonds is 3. The molecule has 2 aromatic carbocycles. The number of carbonyl (C=O) groups is 1. The Hall–Kier alpha value is -2.00. The number of benzene rings is 2. The monoisotopic (exact) mass is 452 g/mol. The fourth-order valence-electron chi connectivity index (χ4n) is 2.39. The van der Waals surface area contributed by atoms with Crippen molar-refractivity contribution in [1.82, 2.24) is 9.55 Å². The van der Waals surface area contributed by atoms with E-state index in [9.17, 15) is 9.59 Å². The summed E-state index contributed by atoms with van der Waals surface area (Å²) in [6.07, 6.45) is 0. The summed E-state index contributed by atoms with van der Waals surface area (Å²) in [5.41, 5.74) is 0.518. The lowest BCUT2D eigenvalue weighted by Gasteiger charge is -2.09. The third-order valence-corrected chi connectivity index (χ3v) is 4.41. The van der Waals surface area contributed by atoms with Gasteiger partial charge in [0.25, 0.3) is 11.5 Å². The Kier molecular flexibility index (Phi) is 4.81. The molecule has 5 nitrogen and oxygen atoms in total. The molecule has 0 saturated heterocycles. The van der Waals surface area contributed by atoms with Crippen molar-refractivity contribution in [3.8, 4) is 5.75 Å². The van der Waals surface area contributed by atoms with E-state index in [1.54, 1.807) is 36.4 Å². The van der Waals surface area contributed by atoms with E-state index in [2.05, 4.69) is 27.6 Å². The first-order valence-electron chi connectivity index (χ1n) is 7.23. The van der Waals surface area contributed by atoms with Crippen LogP contribution in [0.3, 0.4) is 0 Å². The van der Waals surface area contributed by atoms with Crippen molar-refractivity contribution in [2.75, 3.05) is 6.61 Å². The van der Waals surface area contributed by atoms with Gasteiger partial charge in [0.1, 0.15) is 5.75 Å². The lowest BCUT2D eigenvalue weighted by Crippen LogP contribution is -2.29. The molecule has 24 heavy (non-hydrogen) atoms. The number of hydrogen-bond acceptors (Lipinski definition) is 4. The zero-order valence-electron chi connectivity index (χ0n) is 12.7. The quantitative estimate of drug-likeness (QED) is 0.486. The SMILES string of the molecule is CCOc1cccc(C(=O)n2c(=S)[nH]c3ccc(I)cc3c2=O)c1. The number of nitrogens with zero attached hydrogens (tertiary/aromatic N) is 1. The Bertz CT molecular complexity index is 1060. The van der Waals surface area contributed by atoms with Crippen molar-refractivity contribution in [3.05, 3.63) is 66.7 Å². The normalized spacial score (nSPS) is 10.8. The Morgan fingerprint density at radius 1 is 1.29 bits per heavy atom. The highest BCUT2D eigenvalue weighted by Crippen LogP contribution is 2.16. The third-order valence-electron chi connectivity index (χ3n) is 3.45. The first-order chi connectivity index (χ1) is 11.5. The molecule has 0 aliphatic carbocycles. The number of fused-ring (bicyclic) bond motifs is 1. The second-order valence-corrected chi connectivity index (χ2v) is 6.66. The lowest BCUT2D eigenvalue weighted by molar-refractivity contribution is 0.0953. The predicted octanol–water partition coefficient (Wildman–Crippen LogP) is 3.75. The minimum Gasteiger partial charge on any atom is -0.494 e. The van der Waals surface area contributed by atoms with Crippen molar-refractivity contribution in [2.45, 2.75) is 6.92 Å². The van der Waals surface area contributed by atoms with Crippen LogP contribution in [0, 0.1) is 8.34 Å². The van der Waals surface area contributed by atoms with Crippen molar-refractivity contribution in [1.29, 1.82) is 0 Å². The molecule has 3 aromatic rings.